The van der Waals surface area contributed by atoms with E-state index in [9.17, 15) is 36.6 Å². The monoisotopic (exact) mass is 755 g/mol. The molecule has 1 aromatic heterocycles. The molecule has 288 valence electrons. The normalized spacial score (nSPS) is 25.5. The molecule has 0 amide bonds. The number of alkyl halides is 6. The number of piperidine rings is 1. The lowest BCUT2D eigenvalue weighted by atomic mass is 9.49. The summed E-state index contributed by atoms with van der Waals surface area (Å²) < 4.78 is 70.2. The molecule has 0 unspecified atom stereocenters. The number of aliphatic imine (C=N–C) groups is 1. The van der Waals surface area contributed by atoms with E-state index in [2.05, 4.69) is 45.3 Å². The predicted octanol–water partition coefficient (Wildman–Crippen LogP) is 5.37. The quantitative estimate of drug-likeness (QED) is 0.0745. The van der Waals surface area contributed by atoms with Crippen LogP contribution in [0.15, 0.2) is 35.3 Å². The van der Waals surface area contributed by atoms with Crippen LogP contribution >= 0.6 is 0 Å². The number of aromatic hydroxyl groups is 1. The van der Waals surface area contributed by atoms with Crippen molar-refractivity contribution in [3.05, 3.63) is 52.7 Å². The van der Waals surface area contributed by atoms with E-state index in [1.807, 2.05) is 6.07 Å². The van der Waals surface area contributed by atoms with E-state index in [1.165, 1.54) is 18.4 Å². The number of phenolic OH excluding ortho intramolecular Hbond substituents is 1. The van der Waals surface area contributed by atoms with Crippen LogP contribution in [0.2, 0.25) is 0 Å². The molecule has 2 fully saturated rings. The highest BCUT2D eigenvalue weighted by Crippen LogP contribution is 2.69. The maximum Gasteiger partial charge on any atom is 0.490 e. The molecule has 4 atom stereocenters. The Morgan fingerprint density at radius 1 is 1.09 bits per heavy atom. The number of H-pyrrole nitrogens is 1. The van der Waals surface area contributed by atoms with E-state index < -0.39 is 35.3 Å². The van der Waals surface area contributed by atoms with E-state index in [4.69, 9.17) is 30.3 Å². The van der Waals surface area contributed by atoms with Crippen LogP contribution in [0, 0.1) is 5.92 Å². The van der Waals surface area contributed by atoms with Gasteiger partial charge in [0.1, 0.15) is 0 Å². The number of carboxylic acids is 2. The number of nitrogens with one attached hydrogen (secondary N) is 2. The molecular formula is C35H39F6N5O7. The zero-order chi connectivity index (χ0) is 38.7. The first-order valence-electron chi connectivity index (χ1n) is 17.1. The summed E-state index contributed by atoms with van der Waals surface area (Å²) in [5, 5.41) is 42.5. The number of guanidine groups is 1. The molecule has 8 rings (SSSR count). The van der Waals surface area contributed by atoms with Gasteiger partial charge in [0.15, 0.2) is 23.6 Å². The molecule has 12 nitrogen and oxygen atoms in total. The number of anilines is 1. The molecule has 0 radical (unpaired) electrons. The zero-order valence-electron chi connectivity index (χ0n) is 28.4. The van der Waals surface area contributed by atoms with E-state index in [1.54, 1.807) is 6.07 Å². The number of hydrogen-bond donors (Lipinski definition) is 7. The number of rotatable bonds is 6. The number of benzene rings is 2. The molecule has 1 spiro atoms. The van der Waals surface area contributed by atoms with Crippen molar-refractivity contribution in [2.24, 2.45) is 16.6 Å². The van der Waals surface area contributed by atoms with Crippen molar-refractivity contribution in [2.45, 2.75) is 87.4 Å². The first-order valence-corrected chi connectivity index (χ1v) is 17.1. The smallest absolute Gasteiger partial charge is 0.490 e. The number of aliphatic carboxylic acids is 2. The summed E-state index contributed by atoms with van der Waals surface area (Å²) in [5.74, 6) is -3.61. The maximum atomic E-state index is 13.0. The highest BCUT2D eigenvalue weighted by molar-refractivity contribution is 5.96. The van der Waals surface area contributed by atoms with Crippen molar-refractivity contribution in [2.75, 3.05) is 25.0 Å². The molecular weight excluding hydrogens is 716 g/mol. The molecule has 18 heteroatoms. The van der Waals surface area contributed by atoms with Crippen LogP contribution in [0.25, 0.3) is 10.9 Å². The van der Waals surface area contributed by atoms with E-state index >= 15 is 0 Å². The number of fused-ring (bicyclic) bond motifs is 4. The second-order valence-electron chi connectivity index (χ2n) is 14.1. The summed E-state index contributed by atoms with van der Waals surface area (Å²) in [6.07, 6.45) is -3.73. The molecule has 2 aromatic carbocycles. The number of unbranched alkanes of at least 4 members (excludes halogenated alkanes) is 1. The van der Waals surface area contributed by atoms with Crippen LogP contribution in [0.1, 0.15) is 67.5 Å². The van der Waals surface area contributed by atoms with Gasteiger partial charge in [-0.05, 0) is 80.0 Å². The number of likely N-dealkylation sites (tertiary alicyclic amines) is 1. The summed E-state index contributed by atoms with van der Waals surface area (Å²) in [7, 11) is 0. The lowest BCUT2D eigenvalue weighted by Gasteiger charge is -2.62. The van der Waals surface area contributed by atoms with Gasteiger partial charge in [0.25, 0.3) is 0 Å². The number of aromatic amines is 1. The van der Waals surface area contributed by atoms with E-state index in [0.29, 0.717) is 24.7 Å². The average molecular weight is 756 g/mol. The molecule has 1 saturated heterocycles. The van der Waals surface area contributed by atoms with Crippen molar-refractivity contribution < 1.29 is 61.1 Å². The lowest BCUT2D eigenvalue weighted by Crippen LogP contribution is -2.74. The number of carbonyl (C=O) groups is 2. The number of ether oxygens (including phenoxy) is 1. The fourth-order valence-corrected chi connectivity index (χ4v) is 8.24. The molecule has 8 N–H and O–H groups in total. The molecule has 5 aliphatic rings. The Hall–Kier alpha value is -4.71. The first kappa shape index (κ1) is 38.0. The van der Waals surface area contributed by atoms with Crippen molar-refractivity contribution >= 4 is 34.5 Å². The topological polar surface area (TPSA) is 194 Å². The maximum absolute atomic E-state index is 13.0. The summed E-state index contributed by atoms with van der Waals surface area (Å²) >= 11 is 0. The van der Waals surface area contributed by atoms with Crippen molar-refractivity contribution in [1.82, 2.24) is 9.88 Å². The highest BCUT2D eigenvalue weighted by atomic mass is 19.4. The molecule has 3 heterocycles. The van der Waals surface area contributed by atoms with Crippen LogP contribution < -0.4 is 15.8 Å². The van der Waals surface area contributed by atoms with Crippen molar-refractivity contribution in [3.8, 4) is 11.5 Å². The van der Waals surface area contributed by atoms with Gasteiger partial charge in [-0.25, -0.2) is 9.59 Å². The molecule has 53 heavy (non-hydrogen) atoms. The van der Waals surface area contributed by atoms with Gasteiger partial charge in [-0.15, -0.1) is 0 Å². The second kappa shape index (κ2) is 13.6. The number of phenols is 1. The summed E-state index contributed by atoms with van der Waals surface area (Å²) in [5.41, 5.74) is 10.9. The number of aliphatic hydroxyl groups is 1. The number of carboxylic acid groups (broad SMARTS) is 2. The number of nitrogens with zero attached hydrogens (tertiary/aromatic N) is 2. The number of halogens is 6. The Balaban J connectivity index is 0.000000294. The Morgan fingerprint density at radius 2 is 1.75 bits per heavy atom. The SMILES string of the molecule is CCCCN=C(N)Nc1ccc2[nH]c3c(c2c1)C[C@@]1(O)[C@H]2Cc4ccc(O)c5c4[C@@]1(CCN2CC1CC1)[C@H]3O5.O=C(O)C(F)(F)F.O=C(O)C(F)(F)F. The molecule has 3 aliphatic carbocycles. The van der Waals surface area contributed by atoms with Gasteiger partial charge in [-0.1, -0.05) is 19.4 Å². The zero-order valence-corrected chi connectivity index (χ0v) is 28.4. The predicted molar refractivity (Wildman–Crippen MR) is 179 cm³/mol. The minimum Gasteiger partial charge on any atom is -0.504 e. The van der Waals surface area contributed by atoms with Gasteiger partial charge in [0.05, 0.1) is 16.7 Å². The van der Waals surface area contributed by atoms with Gasteiger partial charge in [0, 0.05) is 47.7 Å². The Morgan fingerprint density at radius 3 is 2.36 bits per heavy atom. The fraction of sp³-hybridized carbons (Fsp3) is 0.514. The molecule has 2 aliphatic heterocycles. The number of aromatic nitrogens is 1. The Bertz CT molecular complexity index is 1920. The third-order valence-corrected chi connectivity index (χ3v) is 10.7. The number of nitrogens with two attached hydrogens (primary N) is 1. The molecule has 1 saturated carbocycles. The van der Waals surface area contributed by atoms with Crippen LogP contribution in [0.4, 0.5) is 32.0 Å². The second-order valence-corrected chi connectivity index (χ2v) is 14.1. The summed E-state index contributed by atoms with van der Waals surface area (Å²) in [6, 6.07) is 10.0. The Labute approximate surface area is 298 Å². The molecule has 2 bridgehead atoms. The average Bonchev–Trinajstić information content (AvgIpc) is 3.71. The standard InChI is InChI=1S/C31H37N5O3.2C2HF3O2/c1-2-3-11-33-29(32)34-19-7-8-22-20(14-19)21-15-31(38)24-13-18-6-9-23(37)27-25(18)30(31,28(39-27)26(21)35-22)10-12-36(24)16-17-4-5-17;2*3-2(4,5)1(6)7/h6-9,14,17,24,28,35,37-38H,2-5,10-13,15-16H2,1H3,(H3,32,33,34);2*(H,6,7)/t24-,28+,30+,31-;;/m1../s1. The van der Waals surface area contributed by atoms with Crippen molar-refractivity contribution in [3.63, 3.8) is 0 Å². The summed E-state index contributed by atoms with van der Waals surface area (Å²) in [4.78, 5) is 28.5. The van der Waals surface area contributed by atoms with Crippen molar-refractivity contribution in [1.29, 1.82) is 0 Å². The van der Waals surface area contributed by atoms with Gasteiger partial charge in [0.2, 0.25) is 0 Å². The minimum atomic E-state index is -5.08. The van der Waals surface area contributed by atoms with E-state index in [-0.39, 0.29) is 17.9 Å². The highest BCUT2D eigenvalue weighted by Gasteiger charge is 2.73. The third-order valence-electron chi connectivity index (χ3n) is 10.7. The van der Waals surface area contributed by atoms with Gasteiger partial charge >= 0.3 is 24.3 Å². The number of hydrogen-bond acceptors (Lipinski definition) is 7. The van der Waals surface area contributed by atoms with Gasteiger partial charge < -0.3 is 41.2 Å². The minimum absolute atomic E-state index is 0.0155. The fourth-order valence-electron chi connectivity index (χ4n) is 8.24. The Kier molecular flexibility index (Phi) is 9.76. The van der Waals surface area contributed by atoms with Crippen LogP contribution in [-0.2, 0) is 27.8 Å². The van der Waals surface area contributed by atoms with Crippen LogP contribution in [-0.4, -0.2) is 91.8 Å². The van der Waals surface area contributed by atoms with Crippen LogP contribution in [0.5, 0.6) is 11.5 Å². The largest absolute Gasteiger partial charge is 0.504 e. The van der Waals surface area contributed by atoms with Crippen LogP contribution in [0.3, 0.4) is 0 Å². The first-order chi connectivity index (χ1) is 24.8. The molecule has 3 aromatic rings. The van der Waals surface area contributed by atoms with Gasteiger partial charge in [-0.2, -0.15) is 26.3 Å². The van der Waals surface area contributed by atoms with Gasteiger partial charge in [-0.3, -0.25) is 9.89 Å². The van der Waals surface area contributed by atoms with E-state index in [0.717, 1.165) is 78.1 Å². The summed E-state index contributed by atoms with van der Waals surface area (Å²) in [6.45, 7) is 4.85. The lowest BCUT2D eigenvalue weighted by molar-refractivity contribution is -0.193. The third kappa shape index (κ3) is 6.82.